The fourth-order valence-electron chi connectivity index (χ4n) is 5.69. The van der Waals surface area contributed by atoms with Gasteiger partial charge in [-0.05, 0) is 73.3 Å². The van der Waals surface area contributed by atoms with Crippen LogP contribution in [0, 0.1) is 64.3 Å². The summed E-state index contributed by atoms with van der Waals surface area (Å²) < 4.78 is 18.7. The second-order valence-electron chi connectivity index (χ2n) is 9.78. The van der Waals surface area contributed by atoms with Crippen LogP contribution in [0.1, 0.15) is 61.7 Å². The second-order valence-corrected chi connectivity index (χ2v) is 11.4. The number of carbonyl (C=O) groups is 3. The smallest absolute Gasteiger partial charge is 0.481 e. The number of hydrogen-bond acceptors (Lipinski definition) is 4. The standard InChI is InChI=1S/C21H22ClO4.C6H3FI.U/c1-13(23)3-2-6-20-10-21(11-20,12-20)9-17(25)19-8-16(24)15-7-14(22)4-5-18(15)26-19;7-5-3-1-2-4-6(5)8;/h4-5,7,19H,1-3,6,8-12H2;1,3-4H;/q2*-1;+2/t19-,20?,21?;;/m0../s1. The molecule has 0 saturated heterocycles. The quantitative estimate of drug-likeness (QED) is 0.233. The average Bonchev–Trinajstić information content (AvgIpc) is 2.73. The summed E-state index contributed by atoms with van der Waals surface area (Å²) in [4.78, 5) is 36.0. The largest absolute Gasteiger partial charge is 2.00 e. The van der Waals surface area contributed by atoms with Crippen LogP contribution in [0.5, 0.6) is 5.75 Å². The van der Waals surface area contributed by atoms with E-state index in [4.69, 9.17) is 16.3 Å². The van der Waals surface area contributed by atoms with E-state index in [-0.39, 0.29) is 66.1 Å². The number of carbonyl (C=O) groups excluding carboxylic acids is 3. The van der Waals surface area contributed by atoms with Crippen molar-refractivity contribution in [2.45, 2.75) is 57.5 Å². The van der Waals surface area contributed by atoms with Crippen LogP contribution in [-0.4, -0.2) is 23.5 Å². The Kier molecular flexibility index (Phi) is 9.56. The maximum absolute atomic E-state index is 12.7. The van der Waals surface area contributed by atoms with Crippen molar-refractivity contribution in [3.63, 3.8) is 0 Å². The Morgan fingerprint density at radius 3 is 2.54 bits per heavy atom. The van der Waals surface area contributed by atoms with Gasteiger partial charge >= 0.3 is 31.1 Å². The Labute approximate surface area is 247 Å². The molecule has 0 amide bonds. The van der Waals surface area contributed by atoms with E-state index in [0.29, 0.717) is 38.2 Å². The van der Waals surface area contributed by atoms with E-state index in [1.807, 2.05) is 22.6 Å². The van der Waals surface area contributed by atoms with E-state index in [2.05, 4.69) is 13.0 Å². The molecule has 8 heteroatoms. The van der Waals surface area contributed by atoms with E-state index in [9.17, 15) is 18.8 Å². The molecule has 3 saturated carbocycles. The molecule has 3 aliphatic carbocycles. The molecule has 1 heterocycles. The molecule has 0 radical (unpaired) electrons. The van der Waals surface area contributed by atoms with Gasteiger partial charge in [0.25, 0.3) is 0 Å². The Morgan fingerprint density at radius 1 is 1.23 bits per heavy atom. The van der Waals surface area contributed by atoms with Gasteiger partial charge in [-0.1, -0.05) is 15.2 Å². The fourth-order valence-corrected chi connectivity index (χ4v) is 6.23. The molecule has 0 aromatic heterocycles. The first-order valence-corrected chi connectivity index (χ1v) is 12.7. The number of rotatable bonds is 7. The van der Waals surface area contributed by atoms with Crippen molar-refractivity contribution >= 4 is 51.5 Å². The van der Waals surface area contributed by atoms with Crippen LogP contribution in [0.3, 0.4) is 0 Å². The molecule has 4 aliphatic rings. The number of halogens is 3. The molecule has 6 rings (SSSR count). The van der Waals surface area contributed by atoms with Crippen molar-refractivity contribution in [3.05, 3.63) is 69.4 Å². The molecule has 182 valence electrons. The van der Waals surface area contributed by atoms with Gasteiger partial charge in [0, 0.05) is 17.3 Å². The monoisotopic (exact) mass is 832 g/mol. The Morgan fingerprint density at radius 2 is 1.94 bits per heavy atom. The van der Waals surface area contributed by atoms with Crippen molar-refractivity contribution in [1.29, 1.82) is 0 Å². The molecule has 0 unspecified atom stereocenters. The van der Waals surface area contributed by atoms with Gasteiger partial charge < -0.3 is 16.5 Å². The van der Waals surface area contributed by atoms with Crippen LogP contribution >= 0.6 is 34.2 Å². The molecule has 35 heavy (non-hydrogen) atoms. The number of ketones is 3. The Hall–Kier alpha value is -0.878. The van der Waals surface area contributed by atoms with Crippen LogP contribution < -0.4 is 4.74 Å². The SMILES string of the molecule is Fc1cc[c-]cc1I.[CH2-]C(=O)CCCC12CC(CC(=O)[C@@H]3CC(=O)c4cc(Cl)ccc4O3)(C1)C2.[U+2]. The molecule has 0 spiro atoms. The minimum atomic E-state index is -0.676. The van der Waals surface area contributed by atoms with Gasteiger partial charge in [0.1, 0.15) is 5.75 Å². The summed E-state index contributed by atoms with van der Waals surface area (Å²) in [6, 6.07) is 12.2. The molecule has 2 aromatic rings. The second kappa shape index (κ2) is 11.7. The Balaban J connectivity index is 0.000000325. The summed E-state index contributed by atoms with van der Waals surface area (Å²) in [5.74, 6) is 0.224. The Bertz CT molecular complexity index is 1100. The van der Waals surface area contributed by atoms with E-state index in [1.165, 1.54) is 6.07 Å². The summed E-state index contributed by atoms with van der Waals surface area (Å²) in [5, 5.41) is 0.491. The van der Waals surface area contributed by atoms with Crippen molar-refractivity contribution < 1.29 is 54.6 Å². The average molecular weight is 833 g/mol. The van der Waals surface area contributed by atoms with Crippen molar-refractivity contribution in [3.8, 4) is 5.75 Å². The molecular formula is C27H25ClFIO4U. The van der Waals surface area contributed by atoms with E-state index in [1.54, 1.807) is 30.3 Å². The number of ether oxygens (including phenoxy) is 1. The van der Waals surface area contributed by atoms with Gasteiger partial charge in [-0.2, -0.15) is 18.2 Å². The maximum atomic E-state index is 12.7. The summed E-state index contributed by atoms with van der Waals surface area (Å²) in [6.07, 6.45) is 5.59. The normalized spacial score (nSPS) is 25.3. The molecule has 2 bridgehead atoms. The van der Waals surface area contributed by atoms with Crippen LogP contribution in [0.15, 0.2) is 36.4 Å². The van der Waals surface area contributed by atoms with E-state index < -0.39 is 6.10 Å². The van der Waals surface area contributed by atoms with Crippen LogP contribution in [0.2, 0.25) is 5.02 Å². The predicted molar refractivity (Wildman–Crippen MR) is 135 cm³/mol. The third-order valence-corrected chi connectivity index (χ3v) is 8.03. The first-order chi connectivity index (χ1) is 16.1. The van der Waals surface area contributed by atoms with Gasteiger partial charge in [0.2, 0.25) is 0 Å². The molecule has 1 aliphatic heterocycles. The van der Waals surface area contributed by atoms with E-state index >= 15 is 0 Å². The molecule has 0 N–H and O–H groups in total. The minimum absolute atomic E-state index is 0. The van der Waals surface area contributed by atoms with Crippen molar-refractivity contribution in [2.24, 2.45) is 10.8 Å². The zero-order valence-electron chi connectivity index (χ0n) is 19.2. The van der Waals surface area contributed by atoms with Crippen LogP contribution in [-0.2, 0) is 9.59 Å². The minimum Gasteiger partial charge on any atom is -0.481 e. The first-order valence-electron chi connectivity index (χ1n) is 11.3. The van der Waals surface area contributed by atoms with Crippen molar-refractivity contribution in [2.75, 3.05) is 0 Å². The van der Waals surface area contributed by atoms with Gasteiger partial charge in [-0.15, -0.1) is 28.7 Å². The van der Waals surface area contributed by atoms with Crippen LogP contribution in [0.25, 0.3) is 0 Å². The topological polar surface area (TPSA) is 60.4 Å². The number of Topliss-reactive ketones (excluding diaryl/α,β-unsaturated/α-hetero) is 3. The van der Waals surface area contributed by atoms with Crippen LogP contribution in [0.4, 0.5) is 4.39 Å². The van der Waals surface area contributed by atoms with Gasteiger partial charge in [0.15, 0.2) is 17.7 Å². The zero-order chi connectivity index (χ0) is 24.5. The molecule has 3 fully saturated rings. The van der Waals surface area contributed by atoms with Gasteiger partial charge in [-0.25, -0.2) is 4.39 Å². The van der Waals surface area contributed by atoms with Crippen molar-refractivity contribution in [1.82, 2.24) is 0 Å². The van der Waals surface area contributed by atoms with Gasteiger partial charge in [0.05, 0.1) is 12.0 Å². The molecule has 4 nitrogen and oxygen atoms in total. The third kappa shape index (κ3) is 6.71. The summed E-state index contributed by atoms with van der Waals surface area (Å²) in [5.41, 5.74) is 0.923. The number of benzene rings is 2. The first kappa shape index (κ1) is 28.7. The maximum Gasteiger partial charge on any atom is 2.00 e. The van der Waals surface area contributed by atoms with Gasteiger partial charge in [-0.3, -0.25) is 9.59 Å². The van der Waals surface area contributed by atoms with E-state index in [0.717, 1.165) is 32.1 Å². The molecule has 2 aromatic carbocycles. The summed E-state index contributed by atoms with van der Waals surface area (Å²) in [6.45, 7) is 3.41. The predicted octanol–water partition coefficient (Wildman–Crippen LogP) is 6.61. The zero-order valence-corrected chi connectivity index (χ0v) is 26.2. The fraction of sp³-hybridized carbons (Fsp3) is 0.407. The summed E-state index contributed by atoms with van der Waals surface area (Å²) in [7, 11) is 0. The third-order valence-electron chi connectivity index (χ3n) is 6.97. The number of fused-ring (bicyclic) bond motifs is 1. The summed E-state index contributed by atoms with van der Waals surface area (Å²) >= 11 is 7.85. The number of hydrogen-bond donors (Lipinski definition) is 0. The molecule has 1 atom stereocenters. The molecular weight excluding hydrogens is 808 g/mol.